The normalized spacial score (nSPS) is 22.5. The molecule has 2 heterocycles. The van der Waals surface area contributed by atoms with E-state index in [9.17, 15) is 18.4 Å². The van der Waals surface area contributed by atoms with Crippen molar-refractivity contribution in [3.05, 3.63) is 33.2 Å². The van der Waals surface area contributed by atoms with E-state index >= 15 is 0 Å². The van der Waals surface area contributed by atoms with Gasteiger partial charge in [0.15, 0.2) is 0 Å². The third-order valence-electron chi connectivity index (χ3n) is 5.43. The van der Waals surface area contributed by atoms with Gasteiger partial charge in [0.05, 0.1) is 15.6 Å². The van der Waals surface area contributed by atoms with Crippen LogP contribution in [0.25, 0.3) is 6.08 Å². The molecule has 4 rings (SSSR count). The number of rotatable bonds is 5. The molecule has 1 saturated carbocycles. The Morgan fingerprint density at radius 2 is 1.93 bits per heavy atom. The number of hydrogen-bond acceptors (Lipinski definition) is 5. The van der Waals surface area contributed by atoms with Crippen molar-refractivity contribution in [2.24, 2.45) is 5.92 Å². The second-order valence-electron chi connectivity index (χ2n) is 7.87. The van der Waals surface area contributed by atoms with Crippen molar-refractivity contribution >= 4 is 46.3 Å². The summed E-state index contributed by atoms with van der Waals surface area (Å²) in [5.41, 5.74) is 0.836. The number of nitrogens with zero attached hydrogens (tertiary/aromatic N) is 2. The van der Waals surface area contributed by atoms with Crippen LogP contribution in [0.4, 0.5) is 19.3 Å². The number of hydrogen-bond donors (Lipinski definition) is 1. The smallest absolute Gasteiger partial charge is 0.290 e. The zero-order valence-electron chi connectivity index (χ0n) is 16.0. The summed E-state index contributed by atoms with van der Waals surface area (Å²) in [5, 5.41) is 1.94. The lowest BCUT2D eigenvalue weighted by atomic mass is 10.0. The molecule has 1 aromatic carbocycles. The number of thioether (sulfide) groups is 1. The zero-order valence-corrected chi connectivity index (χ0v) is 17.6. The van der Waals surface area contributed by atoms with Crippen molar-refractivity contribution in [3.8, 4) is 0 Å². The summed E-state index contributed by atoms with van der Waals surface area (Å²) in [6.45, 7) is 5.13. The second kappa shape index (κ2) is 7.89. The highest BCUT2D eigenvalue weighted by Gasteiger charge is 2.31. The van der Waals surface area contributed by atoms with Gasteiger partial charge < -0.3 is 4.90 Å². The average Bonchev–Trinajstić information content (AvgIpc) is 3.39. The number of benzene rings is 1. The SMILES string of the molecule is CC(F)(F)c1cc(Cl)c(N2CCN(CC3CC3)CC2)c(/C=C2\SC(=O)NC2=O)c1. The van der Waals surface area contributed by atoms with E-state index in [0.717, 1.165) is 57.3 Å². The molecule has 29 heavy (non-hydrogen) atoms. The summed E-state index contributed by atoms with van der Waals surface area (Å²) in [7, 11) is 0. The van der Waals surface area contributed by atoms with E-state index in [0.29, 0.717) is 11.3 Å². The minimum Gasteiger partial charge on any atom is -0.367 e. The summed E-state index contributed by atoms with van der Waals surface area (Å²) >= 11 is 7.22. The first-order valence-corrected chi connectivity index (χ1v) is 10.8. The summed E-state index contributed by atoms with van der Waals surface area (Å²) in [4.78, 5) is 28.1. The first-order chi connectivity index (χ1) is 13.7. The average molecular weight is 442 g/mol. The fraction of sp³-hybridized carbons (Fsp3) is 0.500. The number of carbonyl (C=O) groups is 2. The van der Waals surface area contributed by atoms with Gasteiger partial charge in [-0.2, -0.15) is 0 Å². The lowest BCUT2D eigenvalue weighted by Gasteiger charge is -2.37. The molecule has 3 aliphatic rings. The van der Waals surface area contributed by atoms with Gasteiger partial charge in [-0.1, -0.05) is 11.6 Å². The van der Waals surface area contributed by atoms with Crippen LogP contribution >= 0.6 is 23.4 Å². The predicted molar refractivity (Wildman–Crippen MR) is 112 cm³/mol. The molecule has 1 aliphatic carbocycles. The van der Waals surface area contributed by atoms with Gasteiger partial charge in [-0.05, 0) is 48.7 Å². The molecule has 9 heteroatoms. The molecule has 0 spiro atoms. The molecule has 2 amide bonds. The minimum atomic E-state index is -3.07. The van der Waals surface area contributed by atoms with Gasteiger partial charge in [-0.3, -0.25) is 19.8 Å². The van der Waals surface area contributed by atoms with E-state index in [-0.39, 0.29) is 15.5 Å². The zero-order chi connectivity index (χ0) is 20.8. The van der Waals surface area contributed by atoms with Crippen LogP contribution in [-0.4, -0.2) is 48.8 Å². The van der Waals surface area contributed by atoms with Crippen molar-refractivity contribution in [2.75, 3.05) is 37.6 Å². The van der Waals surface area contributed by atoms with Crippen molar-refractivity contribution < 1.29 is 18.4 Å². The summed E-state index contributed by atoms with van der Waals surface area (Å²) < 4.78 is 28.0. The maximum atomic E-state index is 14.0. The molecule has 0 atom stereocenters. The number of nitrogens with one attached hydrogen (secondary N) is 1. The van der Waals surface area contributed by atoms with Gasteiger partial charge in [0.1, 0.15) is 0 Å². The molecule has 3 fully saturated rings. The van der Waals surface area contributed by atoms with Gasteiger partial charge in [-0.25, -0.2) is 8.78 Å². The molecule has 1 N–H and O–H groups in total. The molecule has 5 nitrogen and oxygen atoms in total. The number of alkyl halides is 2. The monoisotopic (exact) mass is 441 g/mol. The molecule has 2 aliphatic heterocycles. The molecule has 1 aromatic rings. The predicted octanol–water partition coefficient (Wildman–Crippen LogP) is 4.31. The molecule has 0 aromatic heterocycles. The topological polar surface area (TPSA) is 52.6 Å². The Balaban J connectivity index is 1.66. The van der Waals surface area contributed by atoms with Crippen LogP contribution in [0.15, 0.2) is 17.0 Å². The Kier molecular flexibility index (Phi) is 5.61. The Hall–Kier alpha value is -1.64. The first kappa shape index (κ1) is 20.6. The van der Waals surface area contributed by atoms with Gasteiger partial charge in [0, 0.05) is 50.8 Å². The van der Waals surface area contributed by atoms with E-state index in [1.54, 1.807) is 0 Å². The quantitative estimate of drug-likeness (QED) is 0.690. The Morgan fingerprint density at radius 1 is 1.24 bits per heavy atom. The highest BCUT2D eigenvalue weighted by molar-refractivity contribution is 8.18. The van der Waals surface area contributed by atoms with E-state index in [2.05, 4.69) is 15.1 Å². The van der Waals surface area contributed by atoms with Crippen LogP contribution in [0.3, 0.4) is 0 Å². The number of carbonyl (C=O) groups excluding carboxylic acids is 2. The van der Waals surface area contributed by atoms with Crippen LogP contribution in [-0.2, 0) is 10.7 Å². The standard InChI is InChI=1S/C20H22ClF2N3O2S/c1-20(22,23)14-8-13(9-16-18(27)24-19(28)29-16)17(15(21)10-14)26-6-4-25(5-7-26)11-12-2-3-12/h8-10,12H,2-7,11H2,1H3,(H,24,27,28)/b16-9-. The lowest BCUT2D eigenvalue weighted by molar-refractivity contribution is -0.115. The summed E-state index contributed by atoms with van der Waals surface area (Å²) in [6, 6.07) is 2.66. The largest absolute Gasteiger partial charge is 0.367 e. The fourth-order valence-corrected chi connectivity index (χ4v) is 4.72. The molecule has 156 valence electrons. The molecule has 0 radical (unpaired) electrons. The van der Waals surface area contributed by atoms with E-state index in [1.807, 2.05) is 0 Å². The highest BCUT2D eigenvalue weighted by Crippen LogP contribution is 2.40. The number of imide groups is 1. The summed E-state index contributed by atoms with van der Waals surface area (Å²) in [6.07, 6.45) is 4.09. The Bertz CT molecular complexity index is 875. The third kappa shape index (κ3) is 4.75. The first-order valence-electron chi connectivity index (χ1n) is 9.64. The van der Waals surface area contributed by atoms with E-state index in [1.165, 1.54) is 31.1 Å². The number of amides is 2. The minimum absolute atomic E-state index is 0.177. The maximum absolute atomic E-state index is 14.0. The van der Waals surface area contributed by atoms with Crippen LogP contribution in [0, 0.1) is 5.92 Å². The van der Waals surface area contributed by atoms with Gasteiger partial charge >= 0.3 is 0 Å². The highest BCUT2D eigenvalue weighted by atomic mass is 35.5. The van der Waals surface area contributed by atoms with Crippen molar-refractivity contribution in [2.45, 2.75) is 25.7 Å². The van der Waals surface area contributed by atoms with Crippen LogP contribution in [0.1, 0.15) is 30.9 Å². The Labute approximate surface area is 177 Å². The van der Waals surface area contributed by atoms with Crippen molar-refractivity contribution in [3.63, 3.8) is 0 Å². The van der Waals surface area contributed by atoms with E-state index in [4.69, 9.17) is 11.6 Å². The second-order valence-corrected chi connectivity index (χ2v) is 9.29. The summed E-state index contributed by atoms with van der Waals surface area (Å²) in [5.74, 6) is -2.78. The van der Waals surface area contributed by atoms with Gasteiger partial charge in [-0.15, -0.1) is 0 Å². The van der Waals surface area contributed by atoms with Crippen LogP contribution < -0.4 is 10.2 Å². The lowest BCUT2D eigenvalue weighted by Crippen LogP contribution is -2.47. The fourth-order valence-electron chi connectivity index (χ4n) is 3.70. The third-order valence-corrected chi connectivity index (χ3v) is 6.53. The number of halogens is 3. The van der Waals surface area contributed by atoms with Crippen LogP contribution in [0.5, 0.6) is 0 Å². The van der Waals surface area contributed by atoms with Gasteiger partial charge in [0.25, 0.3) is 17.1 Å². The Morgan fingerprint density at radius 3 is 2.48 bits per heavy atom. The molecule has 0 unspecified atom stereocenters. The molecule has 0 bridgehead atoms. The molecular formula is C20H22ClF2N3O2S. The van der Waals surface area contributed by atoms with Crippen LogP contribution in [0.2, 0.25) is 5.02 Å². The van der Waals surface area contributed by atoms with Gasteiger partial charge in [0.2, 0.25) is 0 Å². The van der Waals surface area contributed by atoms with E-state index < -0.39 is 17.1 Å². The maximum Gasteiger partial charge on any atom is 0.290 e. The molecule has 2 saturated heterocycles. The van der Waals surface area contributed by atoms with Crippen molar-refractivity contribution in [1.82, 2.24) is 10.2 Å². The number of piperazine rings is 1. The number of anilines is 1. The molecular weight excluding hydrogens is 420 g/mol. The van der Waals surface area contributed by atoms with Crippen molar-refractivity contribution in [1.29, 1.82) is 0 Å².